The van der Waals surface area contributed by atoms with Gasteiger partial charge in [0.15, 0.2) is 0 Å². The van der Waals surface area contributed by atoms with E-state index in [-0.39, 0.29) is 62.4 Å². The van der Waals surface area contributed by atoms with Gasteiger partial charge in [-0.2, -0.15) is 0 Å². The number of fused-ring (bicyclic) bond motifs is 1. The van der Waals surface area contributed by atoms with Crippen molar-refractivity contribution >= 4 is 21.5 Å². The monoisotopic (exact) mass is 566 g/mol. The minimum Gasteiger partial charge on any atom is -0.744 e. The number of rotatable bonds is 19. The number of anilines is 2. The second-order valence-corrected chi connectivity index (χ2v) is 12.0. The molecule has 0 saturated carbocycles. The van der Waals surface area contributed by atoms with Gasteiger partial charge in [-0.1, -0.05) is 133 Å². The van der Waals surface area contributed by atoms with Crippen molar-refractivity contribution in [2.24, 2.45) is 0 Å². The van der Waals surface area contributed by atoms with E-state index in [0.717, 1.165) is 24.1 Å². The van der Waals surface area contributed by atoms with Crippen LogP contribution in [0.25, 0.3) is 0 Å². The first-order chi connectivity index (χ1) is 18.0. The number of hydrogen-bond donors (Lipinski definition) is 1. The molecule has 0 radical (unpaired) electrons. The zero-order valence-corrected chi connectivity index (χ0v) is 27.7. The third-order valence-electron chi connectivity index (χ3n) is 7.55. The molecule has 7 heteroatoms. The van der Waals surface area contributed by atoms with Gasteiger partial charge in [0.1, 0.15) is 10.1 Å². The summed E-state index contributed by atoms with van der Waals surface area (Å²) in [5, 5.41) is 3.38. The number of nitrogens with zero attached hydrogens (tertiary/aromatic N) is 1. The molecule has 2 aromatic rings. The summed E-state index contributed by atoms with van der Waals surface area (Å²) in [4.78, 5) is 2.06. The average molecular weight is 567 g/mol. The molecule has 1 aliphatic rings. The fraction of sp³-hybridized carbons (Fsp3) is 0.613. The van der Waals surface area contributed by atoms with Gasteiger partial charge in [-0.05, 0) is 30.5 Å². The standard InChI is InChI=1S/C31H48N2O3S.K/c1-2-3-4-5-6-7-8-9-10-11-12-13-14-15-19-25-30-32-31-28(23-20-24-29(31)37(34,35)36)33(30)26-27-21-17-16-18-22-27;/h16-18,20-24,30,32H,2-15,19,25-26H2,1H3,(H,34,35,36);/q;+1/p-1. The summed E-state index contributed by atoms with van der Waals surface area (Å²) >= 11 is 0. The molecule has 0 amide bonds. The Kier molecular flexibility index (Phi) is 16.8. The Labute approximate surface area is 274 Å². The van der Waals surface area contributed by atoms with E-state index in [4.69, 9.17) is 0 Å². The van der Waals surface area contributed by atoms with Crippen molar-refractivity contribution < 1.29 is 64.4 Å². The van der Waals surface area contributed by atoms with E-state index in [1.165, 1.54) is 96.0 Å². The van der Waals surface area contributed by atoms with E-state index < -0.39 is 10.1 Å². The second kappa shape index (κ2) is 18.8. The Morgan fingerprint density at radius 1 is 0.737 bits per heavy atom. The molecule has 0 aromatic heterocycles. The van der Waals surface area contributed by atoms with Gasteiger partial charge in [0.2, 0.25) is 0 Å². The van der Waals surface area contributed by atoms with Crippen LogP contribution >= 0.6 is 0 Å². The van der Waals surface area contributed by atoms with Crippen molar-refractivity contribution in [2.45, 2.75) is 127 Å². The molecule has 0 spiro atoms. The Morgan fingerprint density at radius 3 is 1.79 bits per heavy atom. The van der Waals surface area contributed by atoms with E-state index in [1.54, 1.807) is 6.07 Å². The Bertz CT molecular complexity index is 1020. The van der Waals surface area contributed by atoms with Crippen LogP contribution < -0.4 is 61.6 Å². The third-order valence-corrected chi connectivity index (χ3v) is 8.43. The van der Waals surface area contributed by atoms with Crippen molar-refractivity contribution in [1.29, 1.82) is 0 Å². The molecular formula is C31H47KN2O3S. The first-order valence-corrected chi connectivity index (χ1v) is 16.1. The Hall–Kier alpha value is -0.414. The van der Waals surface area contributed by atoms with Crippen molar-refractivity contribution in [3.63, 3.8) is 0 Å². The van der Waals surface area contributed by atoms with Crippen molar-refractivity contribution in [2.75, 3.05) is 10.2 Å². The van der Waals surface area contributed by atoms with Crippen LogP contribution in [0.5, 0.6) is 0 Å². The fourth-order valence-corrected chi connectivity index (χ4v) is 6.10. The minimum absolute atomic E-state index is 0. The molecule has 0 fully saturated rings. The van der Waals surface area contributed by atoms with Crippen LogP contribution in [0.15, 0.2) is 53.4 Å². The maximum Gasteiger partial charge on any atom is 1.00 e. The first kappa shape index (κ1) is 33.8. The average Bonchev–Trinajstić information content (AvgIpc) is 3.23. The van der Waals surface area contributed by atoms with Gasteiger partial charge in [-0.15, -0.1) is 0 Å². The quantitative estimate of drug-likeness (QED) is 0.136. The van der Waals surface area contributed by atoms with E-state index >= 15 is 0 Å². The minimum atomic E-state index is -4.54. The molecule has 3 rings (SSSR count). The second-order valence-electron chi connectivity index (χ2n) is 10.6. The van der Waals surface area contributed by atoms with Crippen LogP contribution in [-0.4, -0.2) is 19.1 Å². The van der Waals surface area contributed by atoms with Gasteiger partial charge in [0.05, 0.1) is 22.4 Å². The van der Waals surface area contributed by atoms with Crippen molar-refractivity contribution in [3.8, 4) is 0 Å². The zero-order chi connectivity index (χ0) is 26.3. The summed E-state index contributed by atoms with van der Waals surface area (Å²) in [6.45, 7) is 2.95. The topological polar surface area (TPSA) is 72.5 Å². The molecule has 1 unspecified atom stereocenters. The van der Waals surface area contributed by atoms with Gasteiger partial charge in [-0.3, -0.25) is 0 Å². The van der Waals surface area contributed by atoms with Crippen LogP contribution in [0.3, 0.4) is 0 Å². The number of hydrogen-bond acceptors (Lipinski definition) is 5. The van der Waals surface area contributed by atoms with Gasteiger partial charge in [-0.25, -0.2) is 8.42 Å². The fourth-order valence-electron chi connectivity index (χ4n) is 5.44. The smallest absolute Gasteiger partial charge is 0.744 e. The van der Waals surface area contributed by atoms with Gasteiger partial charge >= 0.3 is 51.4 Å². The van der Waals surface area contributed by atoms with Crippen LogP contribution in [0.4, 0.5) is 11.4 Å². The number of para-hydroxylation sites is 1. The molecule has 0 saturated heterocycles. The molecule has 206 valence electrons. The largest absolute Gasteiger partial charge is 1.00 e. The molecule has 1 aliphatic heterocycles. The normalized spacial score (nSPS) is 14.7. The number of benzene rings is 2. The maximum absolute atomic E-state index is 11.9. The van der Waals surface area contributed by atoms with E-state index in [1.807, 2.05) is 24.3 Å². The third kappa shape index (κ3) is 11.6. The summed E-state index contributed by atoms with van der Waals surface area (Å²) in [6, 6.07) is 15.2. The van der Waals surface area contributed by atoms with E-state index in [9.17, 15) is 13.0 Å². The Morgan fingerprint density at radius 2 is 1.26 bits per heavy atom. The van der Waals surface area contributed by atoms with E-state index in [0.29, 0.717) is 12.2 Å². The Balaban J connectivity index is 0.00000507. The van der Waals surface area contributed by atoms with Crippen LogP contribution in [0.2, 0.25) is 0 Å². The van der Waals surface area contributed by atoms with E-state index in [2.05, 4.69) is 29.3 Å². The van der Waals surface area contributed by atoms with Gasteiger partial charge in [0.25, 0.3) is 0 Å². The predicted octanol–water partition coefficient (Wildman–Crippen LogP) is 5.61. The first-order valence-electron chi connectivity index (χ1n) is 14.7. The van der Waals surface area contributed by atoms with Crippen LogP contribution in [-0.2, 0) is 16.7 Å². The summed E-state index contributed by atoms with van der Waals surface area (Å²) in [7, 11) is -4.54. The molecule has 1 heterocycles. The van der Waals surface area contributed by atoms with Crippen molar-refractivity contribution in [1.82, 2.24) is 0 Å². The molecular weight excluding hydrogens is 520 g/mol. The SMILES string of the molecule is CCCCCCCCCCCCCCCCCC1Nc2c(cccc2S(=O)(=O)[O-])N1Cc1ccccc1.[K+]. The summed E-state index contributed by atoms with van der Waals surface area (Å²) in [5.74, 6) is 0. The molecule has 38 heavy (non-hydrogen) atoms. The number of unbranched alkanes of at least 4 members (excludes halogenated alkanes) is 14. The number of nitrogens with one attached hydrogen (secondary N) is 1. The van der Waals surface area contributed by atoms with Crippen LogP contribution in [0.1, 0.15) is 115 Å². The molecule has 0 aliphatic carbocycles. The zero-order valence-electron chi connectivity index (χ0n) is 23.8. The summed E-state index contributed by atoms with van der Waals surface area (Å²) in [6.07, 6.45) is 20.9. The molecule has 0 bridgehead atoms. The molecule has 5 nitrogen and oxygen atoms in total. The van der Waals surface area contributed by atoms with Crippen molar-refractivity contribution in [3.05, 3.63) is 54.1 Å². The molecule has 2 aromatic carbocycles. The molecule has 1 atom stereocenters. The summed E-state index contributed by atoms with van der Waals surface area (Å²) in [5.41, 5.74) is 2.42. The van der Waals surface area contributed by atoms with Gasteiger partial charge in [0, 0.05) is 6.54 Å². The van der Waals surface area contributed by atoms with Crippen LogP contribution in [0, 0.1) is 0 Å². The summed E-state index contributed by atoms with van der Waals surface area (Å²) < 4.78 is 35.6. The predicted molar refractivity (Wildman–Crippen MR) is 154 cm³/mol. The van der Waals surface area contributed by atoms with Gasteiger partial charge < -0.3 is 14.8 Å². The maximum atomic E-state index is 11.9. The molecule has 1 N–H and O–H groups in total.